The number of hydrogen-bond donors (Lipinski definition) is 2. The van der Waals surface area contributed by atoms with E-state index >= 15 is 0 Å². The van der Waals surface area contributed by atoms with Crippen LogP contribution in [-0.4, -0.2) is 48.0 Å². The Bertz CT molecular complexity index is 346. The molecular formula is C11H15F3N2O2. The van der Waals surface area contributed by atoms with Gasteiger partial charge in [0.1, 0.15) is 6.04 Å². The lowest BCUT2D eigenvalue weighted by Gasteiger charge is -2.23. The summed E-state index contributed by atoms with van der Waals surface area (Å²) in [7, 11) is 0. The van der Waals surface area contributed by atoms with Crippen molar-refractivity contribution in [2.45, 2.75) is 31.6 Å². The molecule has 0 aromatic heterocycles. The smallest absolute Gasteiger partial charge is 0.460 e. The molecule has 0 amide bonds. The molecule has 7 heteroatoms. The standard InChI is InChI=1S/C11H15F3N2O2/c12-11(13,14)16-7-4-2-1-3-5-9(10(17)18)15-6-8-16/h9,15H,1,3,5-8H2,(H,17,18). The van der Waals surface area contributed by atoms with Crippen LogP contribution >= 0.6 is 0 Å². The first-order chi connectivity index (χ1) is 8.41. The molecule has 0 aliphatic carbocycles. The van der Waals surface area contributed by atoms with E-state index in [4.69, 9.17) is 5.11 Å². The van der Waals surface area contributed by atoms with E-state index in [2.05, 4.69) is 17.2 Å². The second-order valence-electron chi connectivity index (χ2n) is 3.98. The maximum absolute atomic E-state index is 12.6. The Morgan fingerprint density at radius 3 is 2.72 bits per heavy atom. The van der Waals surface area contributed by atoms with Crippen LogP contribution in [0, 0.1) is 11.8 Å². The number of rotatable bonds is 1. The molecule has 1 atom stereocenters. The van der Waals surface area contributed by atoms with Crippen molar-refractivity contribution in [3.8, 4) is 11.8 Å². The van der Waals surface area contributed by atoms with Crippen molar-refractivity contribution in [1.82, 2.24) is 10.2 Å². The van der Waals surface area contributed by atoms with Crippen molar-refractivity contribution in [3.05, 3.63) is 0 Å². The highest BCUT2D eigenvalue weighted by atomic mass is 19.4. The van der Waals surface area contributed by atoms with E-state index < -0.39 is 18.3 Å². The molecule has 0 aromatic carbocycles. The summed E-state index contributed by atoms with van der Waals surface area (Å²) < 4.78 is 37.7. The Hall–Kier alpha value is -1.26. The third kappa shape index (κ3) is 4.94. The normalized spacial score (nSPS) is 23.6. The van der Waals surface area contributed by atoms with Crippen LogP contribution in [0.1, 0.15) is 19.3 Å². The van der Waals surface area contributed by atoms with Gasteiger partial charge in [0.25, 0.3) is 0 Å². The van der Waals surface area contributed by atoms with E-state index in [9.17, 15) is 18.0 Å². The first kappa shape index (κ1) is 14.8. The molecule has 1 aliphatic rings. The van der Waals surface area contributed by atoms with Crippen molar-refractivity contribution in [2.24, 2.45) is 0 Å². The van der Waals surface area contributed by atoms with E-state index in [1.54, 1.807) is 0 Å². The molecule has 0 saturated heterocycles. The maximum Gasteiger partial charge on any atom is 0.460 e. The average Bonchev–Trinajstić information content (AvgIpc) is 2.30. The number of carboxylic acid groups (broad SMARTS) is 1. The zero-order chi connectivity index (χ0) is 13.6. The zero-order valence-corrected chi connectivity index (χ0v) is 9.76. The zero-order valence-electron chi connectivity index (χ0n) is 9.76. The van der Waals surface area contributed by atoms with Gasteiger partial charge >= 0.3 is 12.3 Å². The Kier molecular flexibility index (Phi) is 5.44. The van der Waals surface area contributed by atoms with Gasteiger partial charge in [-0.2, -0.15) is 13.2 Å². The summed E-state index contributed by atoms with van der Waals surface area (Å²) in [5, 5.41) is 11.5. The van der Waals surface area contributed by atoms with Crippen LogP contribution in [-0.2, 0) is 4.79 Å². The summed E-state index contributed by atoms with van der Waals surface area (Å²) in [5.41, 5.74) is 0. The van der Waals surface area contributed by atoms with Gasteiger partial charge in [-0.25, -0.2) is 4.90 Å². The van der Waals surface area contributed by atoms with Crippen LogP contribution in [0.5, 0.6) is 0 Å². The quantitative estimate of drug-likeness (QED) is 0.549. The minimum Gasteiger partial charge on any atom is -0.480 e. The topological polar surface area (TPSA) is 52.6 Å². The van der Waals surface area contributed by atoms with E-state index in [1.807, 2.05) is 0 Å². The van der Waals surface area contributed by atoms with Gasteiger partial charge in [0.05, 0.1) is 6.54 Å². The fourth-order valence-corrected chi connectivity index (χ4v) is 1.62. The SMILES string of the molecule is O=C(O)C1CCCC#CCN(C(F)(F)F)CCN1. The van der Waals surface area contributed by atoms with Gasteiger partial charge in [-0.3, -0.25) is 4.79 Å². The van der Waals surface area contributed by atoms with Crippen molar-refractivity contribution in [1.29, 1.82) is 0 Å². The first-order valence-corrected chi connectivity index (χ1v) is 5.65. The summed E-state index contributed by atoms with van der Waals surface area (Å²) >= 11 is 0. The van der Waals surface area contributed by atoms with E-state index in [0.717, 1.165) is 0 Å². The van der Waals surface area contributed by atoms with Gasteiger partial charge in [-0.15, -0.1) is 5.92 Å². The molecule has 1 aliphatic heterocycles. The number of nitrogens with one attached hydrogen (secondary N) is 1. The summed E-state index contributed by atoms with van der Waals surface area (Å²) in [4.78, 5) is 11.1. The number of carboxylic acids is 1. The second-order valence-corrected chi connectivity index (χ2v) is 3.98. The number of nitrogens with zero attached hydrogens (tertiary/aromatic N) is 1. The number of hydrogen-bond acceptors (Lipinski definition) is 3. The Morgan fingerprint density at radius 2 is 2.11 bits per heavy atom. The van der Waals surface area contributed by atoms with Gasteiger partial charge in [-0.1, -0.05) is 5.92 Å². The van der Waals surface area contributed by atoms with E-state index in [0.29, 0.717) is 19.3 Å². The highest BCUT2D eigenvalue weighted by Gasteiger charge is 2.36. The Labute approximate surface area is 103 Å². The maximum atomic E-state index is 12.6. The molecule has 2 N–H and O–H groups in total. The predicted molar refractivity (Wildman–Crippen MR) is 58.7 cm³/mol. The molecule has 1 rings (SSSR count). The van der Waals surface area contributed by atoms with Crippen LogP contribution in [0.3, 0.4) is 0 Å². The molecule has 0 saturated carbocycles. The Balaban J connectivity index is 2.65. The largest absolute Gasteiger partial charge is 0.480 e. The third-order valence-corrected chi connectivity index (χ3v) is 2.62. The van der Waals surface area contributed by atoms with Gasteiger partial charge in [0.15, 0.2) is 0 Å². The van der Waals surface area contributed by atoms with Crippen LogP contribution in [0.2, 0.25) is 0 Å². The lowest BCUT2D eigenvalue weighted by atomic mass is 10.1. The van der Waals surface area contributed by atoms with E-state index in [1.165, 1.54) is 0 Å². The predicted octanol–water partition coefficient (Wildman–Crippen LogP) is 1.04. The fourth-order valence-electron chi connectivity index (χ4n) is 1.62. The van der Waals surface area contributed by atoms with Gasteiger partial charge in [0, 0.05) is 19.5 Å². The molecule has 0 radical (unpaired) electrons. The van der Waals surface area contributed by atoms with E-state index in [-0.39, 0.29) is 24.5 Å². The number of alkyl halides is 3. The molecule has 18 heavy (non-hydrogen) atoms. The van der Waals surface area contributed by atoms with Crippen LogP contribution < -0.4 is 5.32 Å². The van der Waals surface area contributed by atoms with Crippen LogP contribution in [0.25, 0.3) is 0 Å². The molecule has 102 valence electrons. The Morgan fingerprint density at radius 1 is 1.39 bits per heavy atom. The van der Waals surface area contributed by atoms with Crippen LogP contribution in [0.15, 0.2) is 0 Å². The van der Waals surface area contributed by atoms with Crippen molar-refractivity contribution < 1.29 is 23.1 Å². The highest BCUT2D eigenvalue weighted by Crippen LogP contribution is 2.20. The third-order valence-electron chi connectivity index (χ3n) is 2.62. The number of carbonyl (C=O) groups is 1. The fraction of sp³-hybridized carbons (Fsp3) is 0.727. The summed E-state index contributed by atoms with van der Waals surface area (Å²) in [6.45, 7) is -0.705. The molecule has 0 aromatic rings. The van der Waals surface area contributed by atoms with Gasteiger partial charge in [-0.05, 0) is 12.8 Å². The monoisotopic (exact) mass is 264 g/mol. The minimum absolute atomic E-state index is 0.0296. The minimum atomic E-state index is -4.44. The van der Waals surface area contributed by atoms with Gasteiger partial charge in [0.2, 0.25) is 0 Å². The molecular weight excluding hydrogens is 249 g/mol. The average molecular weight is 264 g/mol. The first-order valence-electron chi connectivity index (χ1n) is 5.65. The molecule has 4 nitrogen and oxygen atoms in total. The molecule has 0 spiro atoms. The molecule has 0 bridgehead atoms. The molecule has 1 heterocycles. The highest BCUT2D eigenvalue weighted by molar-refractivity contribution is 5.73. The van der Waals surface area contributed by atoms with Crippen LogP contribution in [0.4, 0.5) is 13.2 Å². The summed E-state index contributed by atoms with van der Waals surface area (Å²) in [6, 6.07) is -0.806. The van der Waals surface area contributed by atoms with Crippen molar-refractivity contribution in [2.75, 3.05) is 19.6 Å². The van der Waals surface area contributed by atoms with Gasteiger partial charge < -0.3 is 10.4 Å². The second kappa shape index (κ2) is 6.61. The summed E-state index contributed by atoms with van der Waals surface area (Å²) in [5.74, 6) is 4.06. The van der Waals surface area contributed by atoms with Crippen molar-refractivity contribution >= 4 is 5.97 Å². The van der Waals surface area contributed by atoms with Crippen molar-refractivity contribution in [3.63, 3.8) is 0 Å². The molecule has 1 unspecified atom stereocenters. The summed E-state index contributed by atoms with van der Waals surface area (Å²) in [6.07, 6.45) is -3.10. The lowest BCUT2D eigenvalue weighted by Crippen LogP contribution is -2.45. The number of aliphatic carboxylic acids is 1. The number of halogens is 3. The molecule has 0 fully saturated rings. The lowest BCUT2D eigenvalue weighted by molar-refractivity contribution is -0.240.